The Morgan fingerprint density at radius 2 is 2.00 bits per heavy atom. The van der Waals surface area contributed by atoms with Crippen LogP contribution in [0.4, 0.5) is 10.3 Å². The molecule has 2 saturated heterocycles. The largest absolute Gasteiger partial charge is 0.354 e. The van der Waals surface area contributed by atoms with E-state index in [1.807, 2.05) is 13.8 Å². The molecule has 0 aliphatic carbocycles. The third-order valence-electron chi connectivity index (χ3n) is 4.66. The van der Waals surface area contributed by atoms with Crippen LogP contribution >= 0.6 is 0 Å². The van der Waals surface area contributed by atoms with Gasteiger partial charge in [-0.05, 0) is 20.3 Å². The highest BCUT2D eigenvalue weighted by atomic mass is 32.2. The highest BCUT2D eigenvalue weighted by molar-refractivity contribution is 7.92. The Balaban J connectivity index is 1.84. The lowest BCUT2D eigenvalue weighted by Gasteiger charge is -2.32. The topological polar surface area (TPSA) is 92.3 Å². The van der Waals surface area contributed by atoms with E-state index in [2.05, 4.69) is 15.3 Å². The normalized spacial score (nSPS) is 28.7. The van der Waals surface area contributed by atoms with Gasteiger partial charge in [-0.3, -0.25) is 4.79 Å². The minimum atomic E-state index is -3.26. The van der Waals surface area contributed by atoms with Gasteiger partial charge in [-0.15, -0.1) is 0 Å². The summed E-state index contributed by atoms with van der Waals surface area (Å²) in [5, 5.41) is 2.27. The van der Waals surface area contributed by atoms with Crippen molar-refractivity contribution in [2.24, 2.45) is 11.8 Å². The van der Waals surface area contributed by atoms with E-state index in [9.17, 15) is 17.6 Å². The molecule has 2 aliphatic heterocycles. The number of nitrogens with one attached hydrogen (secondary N) is 1. The first-order valence-electron chi connectivity index (χ1n) is 8.02. The van der Waals surface area contributed by atoms with Gasteiger partial charge in [0.15, 0.2) is 15.7 Å². The molecule has 0 bridgehead atoms. The first-order valence-corrected chi connectivity index (χ1v) is 9.74. The van der Waals surface area contributed by atoms with Gasteiger partial charge in [0.25, 0.3) is 0 Å². The van der Waals surface area contributed by atoms with Crippen molar-refractivity contribution in [3.05, 3.63) is 18.2 Å². The number of carbonyl (C=O) groups excluding carboxylic acids is 1. The predicted octanol–water partition coefficient (Wildman–Crippen LogP) is 0.380. The van der Waals surface area contributed by atoms with Crippen LogP contribution in [-0.2, 0) is 14.6 Å². The van der Waals surface area contributed by atoms with E-state index in [0.29, 0.717) is 18.9 Å². The number of anilines is 1. The fraction of sp³-hybridized carbons (Fsp3) is 0.667. The molecule has 1 amide bonds. The second kappa shape index (κ2) is 6.27. The Bertz CT molecular complexity index is 723. The van der Waals surface area contributed by atoms with Gasteiger partial charge >= 0.3 is 0 Å². The second-order valence-electron chi connectivity index (χ2n) is 6.73. The van der Waals surface area contributed by atoms with Crippen LogP contribution in [0.3, 0.4) is 0 Å². The molecule has 1 aromatic heterocycles. The lowest BCUT2D eigenvalue weighted by atomic mass is 9.87. The van der Waals surface area contributed by atoms with Crippen molar-refractivity contribution in [1.29, 1.82) is 0 Å². The summed E-state index contributed by atoms with van der Waals surface area (Å²) >= 11 is 0. The molecule has 0 aromatic carbocycles. The molecule has 7 nitrogen and oxygen atoms in total. The molecule has 0 unspecified atom stereocenters. The van der Waals surface area contributed by atoms with E-state index in [1.54, 1.807) is 4.90 Å². The number of sulfone groups is 1. The van der Waals surface area contributed by atoms with Crippen LogP contribution in [0, 0.1) is 17.7 Å². The first-order chi connectivity index (χ1) is 11.3. The number of hydrogen-bond donors (Lipinski definition) is 1. The second-order valence-corrected chi connectivity index (χ2v) is 9.07. The maximum Gasteiger partial charge on any atom is 0.225 e. The molecule has 0 saturated carbocycles. The minimum absolute atomic E-state index is 0.00687. The van der Waals surface area contributed by atoms with E-state index in [-0.39, 0.29) is 36.1 Å². The molecule has 3 atom stereocenters. The van der Waals surface area contributed by atoms with Gasteiger partial charge in [-0.1, -0.05) is 0 Å². The molecule has 0 spiro atoms. The molecule has 1 N–H and O–H groups in total. The zero-order chi connectivity index (χ0) is 17.5. The van der Waals surface area contributed by atoms with Crippen LogP contribution in [0.1, 0.15) is 20.3 Å². The number of hydrogen-bond acceptors (Lipinski definition) is 6. The van der Waals surface area contributed by atoms with Crippen molar-refractivity contribution in [1.82, 2.24) is 15.3 Å². The van der Waals surface area contributed by atoms with Crippen LogP contribution in [0.25, 0.3) is 0 Å². The fourth-order valence-electron chi connectivity index (χ4n) is 3.57. The molecule has 1 aromatic rings. The summed E-state index contributed by atoms with van der Waals surface area (Å²) < 4.78 is 37.8. The van der Waals surface area contributed by atoms with Gasteiger partial charge in [0.2, 0.25) is 11.9 Å². The summed E-state index contributed by atoms with van der Waals surface area (Å²) in [6.45, 7) is 4.38. The fourth-order valence-corrected chi connectivity index (χ4v) is 5.67. The van der Waals surface area contributed by atoms with Crippen molar-refractivity contribution < 1.29 is 17.6 Å². The molecular weight excluding hydrogens is 335 g/mol. The van der Waals surface area contributed by atoms with Gasteiger partial charge in [0, 0.05) is 31.0 Å². The molecule has 132 valence electrons. The van der Waals surface area contributed by atoms with Crippen LogP contribution < -0.4 is 10.2 Å². The van der Waals surface area contributed by atoms with Crippen molar-refractivity contribution in [3.8, 4) is 0 Å². The highest BCUT2D eigenvalue weighted by Crippen LogP contribution is 2.38. The van der Waals surface area contributed by atoms with Crippen LogP contribution in [0.15, 0.2) is 12.4 Å². The smallest absolute Gasteiger partial charge is 0.225 e. The van der Waals surface area contributed by atoms with Crippen molar-refractivity contribution in [2.75, 3.05) is 23.7 Å². The average molecular weight is 356 g/mol. The van der Waals surface area contributed by atoms with Crippen molar-refractivity contribution >= 4 is 21.7 Å². The van der Waals surface area contributed by atoms with Crippen molar-refractivity contribution in [2.45, 2.75) is 31.6 Å². The quantitative estimate of drug-likeness (QED) is 0.842. The first kappa shape index (κ1) is 17.1. The zero-order valence-corrected chi connectivity index (χ0v) is 14.5. The summed E-state index contributed by atoms with van der Waals surface area (Å²) in [5.41, 5.74) is 0. The van der Waals surface area contributed by atoms with E-state index in [1.165, 1.54) is 0 Å². The Morgan fingerprint density at radius 3 is 2.62 bits per heavy atom. The maximum absolute atomic E-state index is 13.0. The SMILES string of the molecule is CC(C)NC(=O)[C@H]1CCS(=O)(=O)[C@@H]2CN(c3ncc(F)cn3)C[C@H]12. The van der Waals surface area contributed by atoms with E-state index in [0.717, 1.165) is 12.4 Å². The maximum atomic E-state index is 13.0. The Hall–Kier alpha value is -1.77. The lowest BCUT2D eigenvalue weighted by molar-refractivity contribution is -0.127. The van der Waals surface area contributed by atoms with Crippen LogP contribution in [0.5, 0.6) is 0 Å². The molecule has 3 heterocycles. The summed E-state index contributed by atoms with van der Waals surface area (Å²) in [6, 6.07) is 0.00687. The van der Waals surface area contributed by atoms with Crippen LogP contribution in [0.2, 0.25) is 0 Å². The van der Waals surface area contributed by atoms with Crippen LogP contribution in [-0.4, -0.2) is 54.4 Å². The number of carbonyl (C=O) groups is 1. The van der Waals surface area contributed by atoms with Gasteiger partial charge in [0.1, 0.15) is 0 Å². The third kappa shape index (κ3) is 3.22. The average Bonchev–Trinajstić information content (AvgIpc) is 2.93. The van der Waals surface area contributed by atoms with Gasteiger partial charge in [-0.25, -0.2) is 22.8 Å². The summed E-state index contributed by atoms with van der Waals surface area (Å²) in [4.78, 5) is 22.0. The minimum Gasteiger partial charge on any atom is -0.354 e. The highest BCUT2D eigenvalue weighted by Gasteiger charge is 2.50. The van der Waals surface area contributed by atoms with Gasteiger partial charge in [-0.2, -0.15) is 0 Å². The van der Waals surface area contributed by atoms with Gasteiger partial charge < -0.3 is 10.2 Å². The summed E-state index contributed by atoms with van der Waals surface area (Å²) in [6.07, 6.45) is 2.45. The third-order valence-corrected chi connectivity index (χ3v) is 6.88. The molecule has 0 radical (unpaired) electrons. The Labute approximate surface area is 140 Å². The monoisotopic (exact) mass is 356 g/mol. The molecule has 3 rings (SSSR count). The summed E-state index contributed by atoms with van der Waals surface area (Å²) in [7, 11) is -3.26. The molecular formula is C15H21FN4O3S. The standard InChI is InChI=1S/C15H21FN4O3S/c1-9(2)19-14(21)11-3-4-24(22,23)13-8-20(7-12(11)13)15-17-5-10(16)6-18-15/h5-6,9,11-13H,3-4,7-8H2,1-2H3,(H,19,21)/t11-,12+,13+/m0/s1. The lowest BCUT2D eigenvalue weighted by Crippen LogP contribution is -2.48. The number of amides is 1. The summed E-state index contributed by atoms with van der Waals surface area (Å²) in [5.74, 6) is -0.969. The van der Waals surface area contributed by atoms with E-state index in [4.69, 9.17) is 0 Å². The molecule has 2 aliphatic rings. The predicted molar refractivity (Wildman–Crippen MR) is 86.7 cm³/mol. The number of fused-ring (bicyclic) bond motifs is 1. The van der Waals surface area contributed by atoms with E-state index < -0.39 is 20.9 Å². The number of nitrogens with zero attached hydrogens (tertiary/aromatic N) is 3. The van der Waals surface area contributed by atoms with Gasteiger partial charge in [0.05, 0.1) is 23.4 Å². The number of rotatable bonds is 3. The molecule has 9 heteroatoms. The molecule has 2 fully saturated rings. The number of aromatic nitrogens is 2. The van der Waals surface area contributed by atoms with E-state index >= 15 is 0 Å². The number of halogens is 1. The Morgan fingerprint density at radius 1 is 1.33 bits per heavy atom. The molecule has 24 heavy (non-hydrogen) atoms. The zero-order valence-electron chi connectivity index (χ0n) is 13.6. The Kier molecular flexibility index (Phi) is 4.46. The van der Waals surface area contributed by atoms with Crippen molar-refractivity contribution in [3.63, 3.8) is 0 Å².